The van der Waals surface area contributed by atoms with Gasteiger partial charge < -0.3 is 10.8 Å². The van der Waals surface area contributed by atoms with Crippen LogP contribution in [0.4, 0.5) is 0 Å². The molecule has 0 radical (unpaired) electrons. The SMILES string of the molecule is Cc1ccc(C(N)CO)cn1. The van der Waals surface area contributed by atoms with Crippen LogP contribution in [0.5, 0.6) is 0 Å². The third-order valence-electron chi connectivity index (χ3n) is 1.56. The number of pyridine rings is 1. The fraction of sp³-hybridized carbons (Fsp3) is 0.375. The highest BCUT2D eigenvalue weighted by Crippen LogP contribution is 2.07. The summed E-state index contributed by atoms with van der Waals surface area (Å²) in [5.41, 5.74) is 7.38. The molecule has 0 saturated heterocycles. The van der Waals surface area contributed by atoms with Gasteiger partial charge in [-0.15, -0.1) is 0 Å². The predicted octanol–water partition coefficient (Wildman–Crippen LogP) is 0.382. The van der Waals surface area contributed by atoms with Crippen molar-refractivity contribution in [1.29, 1.82) is 0 Å². The Bertz CT molecular complexity index is 220. The van der Waals surface area contributed by atoms with Crippen molar-refractivity contribution in [2.75, 3.05) is 6.61 Å². The molecule has 0 bridgehead atoms. The average Bonchev–Trinajstić information content (AvgIpc) is 2.05. The highest BCUT2D eigenvalue weighted by Gasteiger charge is 2.02. The number of rotatable bonds is 2. The highest BCUT2D eigenvalue weighted by molar-refractivity contribution is 5.16. The molecule has 3 heteroatoms. The van der Waals surface area contributed by atoms with Crippen LogP contribution in [0.3, 0.4) is 0 Å². The van der Waals surface area contributed by atoms with Crippen molar-refractivity contribution in [1.82, 2.24) is 4.98 Å². The maximum Gasteiger partial charge on any atom is 0.0624 e. The first-order valence-electron chi connectivity index (χ1n) is 3.53. The molecule has 1 unspecified atom stereocenters. The summed E-state index contributed by atoms with van der Waals surface area (Å²) < 4.78 is 0. The van der Waals surface area contributed by atoms with Crippen molar-refractivity contribution in [2.24, 2.45) is 5.73 Å². The largest absolute Gasteiger partial charge is 0.394 e. The molecule has 1 aromatic rings. The van der Waals surface area contributed by atoms with Crippen LogP contribution in [-0.4, -0.2) is 16.7 Å². The maximum atomic E-state index is 8.70. The number of aliphatic hydroxyl groups excluding tert-OH is 1. The molecular weight excluding hydrogens is 140 g/mol. The average molecular weight is 152 g/mol. The van der Waals surface area contributed by atoms with Gasteiger partial charge in [0, 0.05) is 11.9 Å². The van der Waals surface area contributed by atoms with E-state index in [-0.39, 0.29) is 12.6 Å². The van der Waals surface area contributed by atoms with Gasteiger partial charge in [-0.3, -0.25) is 4.98 Å². The van der Waals surface area contributed by atoms with Crippen LogP contribution in [0.25, 0.3) is 0 Å². The zero-order chi connectivity index (χ0) is 8.27. The van der Waals surface area contributed by atoms with E-state index in [1.54, 1.807) is 6.20 Å². The fourth-order valence-electron chi connectivity index (χ4n) is 0.804. The lowest BCUT2D eigenvalue weighted by molar-refractivity contribution is 0.268. The van der Waals surface area contributed by atoms with Gasteiger partial charge in [-0.05, 0) is 18.6 Å². The molecule has 0 aliphatic rings. The van der Waals surface area contributed by atoms with Crippen LogP contribution >= 0.6 is 0 Å². The van der Waals surface area contributed by atoms with Crippen LogP contribution in [0, 0.1) is 6.92 Å². The Kier molecular flexibility index (Phi) is 2.57. The minimum atomic E-state index is -0.303. The summed E-state index contributed by atoms with van der Waals surface area (Å²) in [6.07, 6.45) is 1.69. The Morgan fingerprint density at radius 1 is 1.64 bits per heavy atom. The van der Waals surface area contributed by atoms with Crippen LogP contribution in [0.1, 0.15) is 17.3 Å². The first-order valence-corrected chi connectivity index (χ1v) is 3.53. The lowest BCUT2D eigenvalue weighted by Gasteiger charge is -2.06. The number of aryl methyl sites for hydroxylation is 1. The zero-order valence-corrected chi connectivity index (χ0v) is 6.49. The second kappa shape index (κ2) is 3.46. The van der Waals surface area contributed by atoms with E-state index in [0.29, 0.717) is 0 Å². The summed E-state index contributed by atoms with van der Waals surface area (Å²) in [6, 6.07) is 3.46. The summed E-state index contributed by atoms with van der Waals surface area (Å²) in [4.78, 5) is 4.06. The molecule has 3 N–H and O–H groups in total. The quantitative estimate of drug-likeness (QED) is 0.644. The number of aromatic nitrogens is 1. The molecule has 11 heavy (non-hydrogen) atoms. The number of hydrogen-bond acceptors (Lipinski definition) is 3. The molecule has 0 spiro atoms. The van der Waals surface area contributed by atoms with Gasteiger partial charge in [0.05, 0.1) is 12.6 Å². The molecule has 0 amide bonds. The first kappa shape index (κ1) is 8.17. The Morgan fingerprint density at radius 2 is 2.36 bits per heavy atom. The van der Waals surface area contributed by atoms with Crippen molar-refractivity contribution in [3.8, 4) is 0 Å². The molecule has 0 aliphatic heterocycles. The topological polar surface area (TPSA) is 59.1 Å². The molecular formula is C8H12N2O. The van der Waals surface area contributed by atoms with E-state index >= 15 is 0 Å². The molecule has 0 aliphatic carbocycles. The summed E-state index contributed by atoms with van der Waals surface area (Å²) in [6.45, 7) is 1.87. The van der Waals surface area contributed by atoms with Crippen molar-refractivity contribution >= 4 is 0 Å². The van der Waals surface area contributed by atoms with Gasteiger partial charge in [0.1, 0.15) is 0 Å². The number of nitrogens with two attached hydrogens (primary N) is 1. The van der Waals surface area contributed by atoms with Gasteiger partial charge in [-0.2, -0.15) is 0 Å². The Morgan fingerprint density at radius 3 is 2.82 bits per heavy atom. The van der Waals surface area contributed by atoms with Crippen molar-refractivity contribution in [3.05, 3.63) is 29.6 Å². The molecule has 1 atom stereocenters. The monoisotopic (exact) mass is 152 g/mol. The van der Waals surface area contributed by atoms with Crippen molar-refractivity contribution in [3.63, 3.8) is 0 Å². The second-order valence-corrected chi connectivity index (χ2v) is 2.52. The normalized spacial score (nSPS) is 13.0. The number of hydrogen-bond donors (Lipinski definition) is 2. The third-order valence-corrected chi connectivity index (χ3v) is 1.56. The van der Waals surface area contributed by atoms with E-state index in [1.807, 2.05) is 19.1 Å². The van der Waals surface area contributed by atoms with Crippen LogP contribution < -0.4 is 5.73 Å². The molecule has 1 aromatic heterocycles. The van der Waals surface area contributed by atoms with Gasteiger partial charge >= 0.3 is 0 Å². The molecule has 1 heterocycles. The second-order valence-electron chi connectivity index (χ2n) is 2.52. The minimum Gasteiger partial charge on any atom is -0.394 e. The lowest BCUT2D eigenvalue weighted by Crippen LogP contribution is -2.14. The smallest absolute Gasteiger partial charge is 0.0624 e. The fourth-order valence-corrected chi connectivity index (χ4v) is 0.804. The number of nitrogens with zero attached hydrogens (tertiary/aromatic N) is 1. The maximum absolute atomic E-state index is 8.70. The van der Waals surface area contributed by atoms with Gasteiger partial charge in [0.25, 0.3) is 0 Å². The van der Waals surface area contributed by atoms with Gasteiger partial charge in [0.15, 0.2) is 0 Å². The summed E-state index contributed by atoms with van der Waals surface area (Å²) >= 11 is 0. The van der Waals surface area contributed by atoms with Gasteiger partial charge in [-0.25, -0.2) is 0 Å². The van der Waals surface area contributed by atoms with Crippen LogP contribution in [-0.2, 0) is 0 Å². The van der Waals surface area contributed by atoms with E-state index in [1.165, 1.54) is 0 Å². The number of aliphatic hydroxyl groups is 1. The molecule has 3 nitrogen and oxygen atoms in total. The molecule has 1 rings (SSSR count). The van der Waals surface area contributed by atoms with Gasteiger partial charge in [0.2, 0.25) is 0 Å². The van der Waals surface area contributed by atoms with E-state index in [2.05, 4.69) is 4.98 Å². The summed E-state index contributed by atoms with van der Waals surface area (Å²) in [5, 5.41) is 8.70. The third kappa shape index (κ3) is 2.00. The Labute approximate surface area is 65.9 Å². The predicted molar refractivity (Wildman–Crippen MR) is 43.0 cm³/mol. The molecule has 60 valence electrons. The van der Waals surface area contributed by atoms with Gasteiger partial charge in [-0.1, -0.05) is 6.07 Å². The minimum absolute atomic E-state index is 0.0370. The molecule has 0 aromatic carbocycles. The summed E-state index contributed by atoms with van der Waals surface area (Å²) in [7, 11) is 0. The first-order chi connectivity index (χ1) is 5.24. The van der Waals surface area contributed by atoms with E-state index in [0.717, 1.165) is 11.3 Å². The summed E-state index contributed by atoms with van der Waals surface area (Å²) in [5.74, 6) is 0. The Balaban J connectivity index is 2.81. The van der Waals surface area contributed by atoms with Crippen molar-refractivity contribution in [2.45, 2.75) is 13.0 Å². The lowest BCUT2D eigenvalue weighted by atomic mass is 10.1. The molecule has 0 saturated carbocycles. The van der Waals surface area contributed by atoms with E-state index < -0.39 is 0 Å². The van der Waals surface area contributed by atoms with E-state index in [4.69, 9.17) is 10.8 Å². The van der Waals surface area contributed by atoms with Crippen LogP contribution in [0.15, 0.2) is 18.3 Å². The highest BCUT2D eigenvalue weighted by atomic mass is 16.3. The Hall–Kier alpha value is -0.930. The van der Waals surface area contributed by atoms with Crippen molar-refractivity contribution < 1.29 is 5.11 Å². The van der Waals surface area contributed by atoms with E-state index in [9.17, 15) is 0 Å². The molecule has 0 fully saturated rings. The zero-order valence-electron chi connectivity index (χ0n) is 6.49. The standard InChI is InChI=1S/C8H12N2O/c1-6-2-3-7(4-10-6)8(9)5-11/h2-4,8,11H,5,9H2,1H3. The van der Waals surface area contributed by atoms with Crippen LogP contribution in [0.2, 0.25) is 0 Å².